The average Bonchev–Trinajstić information content (AvgIpc) is 3.19. The summed E-state index contributed by atoms with van der Waals surface area (Å²) >= 11 is 0. The van der Waals surface area contributed by atoms with Crippen LogP contribution >= 0.6 is 0 Å². The maximum atomic E-state index is 14.0. The molecule has 2 saturated heterocycles. The predicted molar refractivity (Wildman–Crippen MR) is 132 cm³/mol. The van der Waals surface area contributed by atoms with Gasteiger partial charge in [0, 0.05) is 45.2 Å². The van der Waals surface area contributed by atoms with Crippen molar-refractivity contribution in [2.24, 2.45) is 23.2 Å². The molecule has 1 saturated carbocycles. The highest BCUT2D eigenvalue weighted by Crippen LogP contribution is 2.64. The number of nitrogens with zero attached hydrogens (tertiary/aromatic N) is 2. The molecule has 1 aromatic carbocycles. The van der Waals surface area contributed by atoms with Gasteiger partial charge < -0.3 is 25.8 Å². The van der Waals surface area contributed by atoms with E-state index in [1.807, 2.05) is 13.8 Å². The number of amides is 4. The lowest BCUT2D eigenvalue weighted by molar-refractivity contribution is -0.146. The summed E-state index contributed by atoms with van der Waals surface area (Å²) < 4.78 is 41.3. The number of nitrogens with one attached hydrogen (secondary N) is 3. The fraction of sp³-hybridized carbons (Fsp3) is 0.577. The van der Waals surface area contributed by atoms with Gasteiger partial charge in [0.2, 0.25) is 23.5 Å². The van der Waals surface area contributed by atoms with Crippen LogP contribution in [0.3, 0.4) is 0 Å². The molecule has 212 valence electrons. The minimum absolute atomic E-state index is 0.0188. The van der Waals surface area contributed by atoms with Gasteiger partial charge in [-0.3, -0.25) is 24.0 Å². The lowest BCUT2D eigenvalue weighted by atomic mass is 9.94. The molecule has 2 aliphatic heterocycles. The van der Waals surface area contributed by atoms with Gasteiger partial charge in [-0.2, -0.15) is 0 Å². The molecule has 1 aliphatic carbocycles. The van der Waals surface area contributed by atoms with Crippen LogP contribution in [-0.4, -0.2) is 85.0 Å². The summed E-state index contributed by atoms with van der Waals surface area (Å²) in [5.74, 6) is -7.59. The van der Waals surface area contributed by atoms with Crippen LogP contribution in [-0.2, 0) is 24.0 Å². The number of benzene rings is 1. The Kier molecular flexibility index (Phi) is 7.63. The molecule has 4 rings (SSSR count). The molecule has 13 heteroatoms. The highest BCUT2D eigenvalue weighted by Gasteiger charge is 2.69. The molecule has 3 N–H and O–H groups in total. The molecule has 1 unspecified atom stereocenters. The third kappa shape index (κ3) is 5.44. The molecular weight excluding hydrogens is 519 g/mol. The van der Waals surface area contributed by atoms with Gasteiger partial charge in [0.1, 0.15) is 17.5 Å². The van der Waals surface area contributed by atoms with E-state index in [1.54, 1.807) is 0 Å². The topological polar surface area (TPSA) is 128 Å². The second kappa shape index (κ2) is 10.5. The van der Waals surface area contributed by atoms with Gasteiger partial charge in [-0.1, -0.05) is 13.8 Å². The summed E-state index contributed by atoms with van der Waals surface area (Å²) in [5, 5.41) is 7.64. The Balaban J connectivity index is 1.52. The van der Waals surface area contributed by atoms with Crippen LogP contribution in [0.1, 0.15) is 26.7 Å². The van der Waals surface area contributed by atoms with Gasteiger partial charge in [-0.15, -0.1) is 0 Å². The summed E-state index contributed by atoms with van der Waals surface area (Å²) in [6, 6.07) is -1.31. The zero-order chi connectivity index (χ0) is 28.8. The fourth-order valence-electron chi connectivity index (χ4n) is 5.83. The second-order valence-electron chi connectivity index (χ2n) is 11.2. The van der Waals surface area contributed by atoms with Gasteiger partial charge in [0.15, 0.2) is 11.6 Å². The van der Waals surface area contributed by atoms with E-state index in [2.05, 4.69) is 16.0 Å². The van der Waals surface area contributed by atoms with E-state index >= 15 is 0 Å². The highest BCUT2D eigenvalue weighted by atomic mass is 19.1. The quantitative estimate of drug-likeness (QED) is 0.387. The Morgan fingerprint density at radius 2 is 1.79 bits per heavy atom. The van der Waals surface area contributed by atoms with Crippen LogP contribution in [0.2, 0.25) is 0 Å². The number of hydrogen-bond donors (Lipinski definition) is 3. The van der Waals surface area contributed by atoms with Crippen molar-refractivity contribution in [1.29, 1.82) is 0 Å². The van der Waals surface area contributed by atoms with E-state index in [0.717, 1.165) is 4.90 Å². The number of Topliss-reactive ketones (excluding diaryl/α,β-unsaturated/α-hetero) is 1. The Labute approximate surface area is 223 Å². The van der Waals surface area contributed by atoms with E-state index < -0.39 is 71.2 Å². The van der Waals surface area contributed by atoms with Crippen LogP contribution in [0.4, 0.5) is 18.9 Å². The molecule has 39 heavy (non-hydrogen) atoms. The van der Waals surface area contributed by atoms with Crippen molar-refractivity contribution in [2.45, 2.75) is 38.8 Å². The minimum atomic E-state index is -1.28. The molecule has 4 amide bonds. The first-order chi connectivity index (χ1) is 18.2. The van der Waals surface area contributed by atoms with Gasteiger partial charge in [-0.05, 0) is 30.1 Å². The zero-order valence-corrected chi connectivity index (χ0v) is 22.1. The monoisotopic (exact) mass is 551 g/mol. The fourth-order valence-corrected chi connectivity index (χ4v) is 5.83. The van der Waals surface area contributed by atoms with E-state index in [0.29, 0.717) is 25.1 Å². The van der Waals surface area contributed by atoms with E-state index in [1.165, 1.54) is 19.0 Å². The first-order valence-electron chi connectivity index (χ1n) is 12.8. The Hall–Kier alpha value is -3.64. The lowest BCUT2D eigenvalue weighted by Crippen LogP contribution is -2.56. The molecule has 0 spiro atoms. The molecular formula is C26H32F3N5O5. The van der Waals surface area contributed by atoms with Crippen LogP contribution in [0.15, 0.2) is 12.1 Å². The normalized spacial score (nSPS) is 25.4. The molecule has 10 nitrogen and oxygen atoms in total. The molecule has 1 aromatic rings. The van der Waals surface area contributed by atoms with Crippen LogP contribution < -0.4 is 16.0 Å². The number of rotatable bonds is 9. The first-order valence-corrected chi connectivity index (χ1v) is 12.8. The molecule has 0 bridgehead atoms. The number of likely N-dealkylation sites (tertiary alicyclic amines) is 1. The number of piperidine rings is 1. The van der Waals surface area contributed by atoms with Crippen molar-refractivity contribution < 1.29 is 37.1 Å². The average molecular weight is 552 g/mol. The standard InChI is InChI=1S/C26H32F3N5O5/c1-26(2)14-11-34(18(35)10-31-20-15(28)8-13(27)9-16(20)29)21(19(14)26)24(38)32-17(22(36)25(39)33(3)4)7-12-5-6-30-23(12)37/h8-9,12,14,17,19,21,31H,5-7,10-11H2,1-4H3,(H,30,37)(H,32,38)/t12-,14-,17?,19-,21-/m0/s1. The summed E-state index contributed by atoms with van der Waals surface area (Å²) in [7, 11) is 2.80. The largest absolute Gasteiger partial charge is 0.371 e. The third-order valence-corrected chi connectivity index (χ3v) is 8.15. The van der Waals surface area contributed by atoms with E-state index in [9.17, 15) is 37.1 Å². The van der Waals surface area contributed by atoms with Gasteiger partial charge in [0.05, 0.1) is 12.6 Å². The van der Waals surface area contributed by atoms with Crippen molar-refractivity contribution in [3.8, 4) is 0 Å². The SMILES string of the molecule is CN(C)C(=O)C(=O)C(C[C@@H]1CCNC1=O)NC(=O)[C@@H]1[C@@H]2[C@H](CN1C(=O)CNc1c(F)cc(F)cc1F)C2(C)C. The molecule has 3 aliphatic rings. The number of likely N-dealkylation sites (N-methyl/N-ethyl adjacent to an activating group) is 1. The van der Waals surface area contributed by atoms with Crippen molar-refractivity contribution in [3.63, 3.8) is 0 Å². The number of ketones is 1. The number of halogens is 3. The number of carbonyl (C=O) groups excluding carboxylic acids is 5. The Morgan fingerprint density at radius 3 is 2.36 bits per heavy atom. The Morgan fingerprint density at radius 1 is 1.15 bits per heavy atom. The molecule has 0 aromatic heterocycles. The summed E-state index contributed by atoms with van der Waals surface area (Å²) in [6.07, 6.45) is 0.376. The van der Waals surface area contributed by atoms with Crippen LogP contribution in [0, 0.1) is 40.6 Å². The van der Waals surface area contributed by atoms with Gasteiger partial charge in [-0.25, -0.2) is 13.2 Å². The molecule has 0 radical (unpaired) electrons. The first kappa shape index (κ1) is 28.4. The van der Waals surface area contributed by atoms with Gasteiger partial charge in [0.25, 0.3) is 5.91 Å². The van der Waals surface area contributed by atoms with E-state index in [-0.39, 0.29) is 36.1 Å². The molecule has 5 atom stereocenters. The maximum absolute atomic E-state index is 14.0. The van der Waals surface area contributed by atoms with Crippen molar-refractivity contribution >= 4 is 35.1 Å². The smallest absolute Gasteiger partial charge is 0.291 e. The predicted octanol–water partition coefficient (Wildman–Crippen LogP) is 0.667. The minimum Gasteiger partial charge on any atom is -0.371 e. The van der Waals surface area contributed by atoms with Crippen molar-refractivity contribution in [1.82, 2.24) is 20.4 Å². The summed E-state index contributed by atoms with van der Waals surface area (Å²) in [4.78, 5) is 66.7. The molecule has 2 heterocycles. The summed E-state index contributed by atoms with van der Waals surface area (Å²) in [6.45, 7) is 3.98. The number of hydrogen-bond acceptors (Lipinski definition) is 6. The molecule has 3 fully saturated rings. The Bertz CT molecular complexity index is 1200. The third-order valence-electron chi connectivity index (χ3n) is 8.15. The van der Waals surface area contributed by atoms with E-state index in [4.69, 9.17) is 0 Å². The lowest BCUT2D eigenvalue weighted by Gasteiger charge is -2.31. The number of carbonyl (C=O) groups is 5. The number of anilines is 1. The highest BCUT2D eigenvalue weighted by molar-refractivity contribution is 6.38. The number of fused-ring (bicyclic) bond motifs is 1. The van der Waals surface area contributed by atoms with Crippen LogP contribution in [0.25, 0.3) is 0 Å². The zero-order valence-electron chi connectivity index (χ0n) is 22.1. The van der Waals surface area contributed by atoms with Crippen molar-refractivity contribution in [3.05, 3.63) is 29.6 Å². The van der Waals surface area contributed by atoms with Gasteiger partial charge >= 0.3 is 0 Å². The second-order valence-corrected chi connectivity index (χ2v) is 11.2. The van der Waals surface area contributed by atoms with Crippen LogP contribution in [0.5, 0.6) is 0 Å². The van der Waals surface area contributed by atoms with Crippen molar-refractivity contribution in [2.75, 3.05) is 39.0 Å². The summed E-state index contributed by atoms with van der Waals surface area (Å²) in [5.41, 5.74) is -0.941. The maximum Gasteiger partial charge on any atom is 0.291 e.